The van der Waals surface area contributed by atoms with Crippen LogP contribution in [-0.4, -0.2) is 18.0 Å². The van der Waals surface area contributed by atoms with Crippen molar-refractivity contribution in [3.05, 3.63) is 59.7 Å². The molecule has 0 unspecified atom stereocenters. The van der Waals surface area contributed by atoms with Crippen molar-refractivity contribution in [2.75, 3.05) is 10.6 Å². The Bertz CT molecular complexity index is 740. The maximum atomic E-state index is 12.2. The lowest BCUT2D eigenvalue weighted by Gasteiger charge is -2.09. The van der Waals surface area contributed by atoms with Gasteiger partial charge in [0.15, 0.2) is 0 Å². The summed E-state index contributed by atoms with van der Waals surface area (Å²) >= 11 is 0. The Labute approximate surface area is 136 Å². The van der Waals surface area contributed by atoms with E-state index in [9.17, 15) is 22.8 Å². The molecule has 126 valence electrons. The number of hydrogen-bond acceptors (Lipinski definition) is 2. The van der Waals surface area contributed by atoms with Gasteiger partial charge in [0.05, 0.1) is 6.42 Å². The van der Waals surface area contributed by atoms with Gasteiger partial charge in [-0.05, 0) is 36.8 Å². The van der Waals surface area contributed by atoms with E-state index >= 15 is 0 Å². The molecule has 0 bridgehead atoms. The van der Waals surface area contributed by atoms with E-state index in [4.69, 9.17) is 0 Å². The molecule has 2 amide bonds. The highest BCUT2D eigenvalue weighted by Crippen LogP contribution is 2.19. The molecule has 2 aromatic carbocycles. The van der Waals surface area contributed by atoms with Crippen molar-refractivity contribution >= 4 is 23.2 Å². The lowest BCUT2D eigenvalue weighted by Crippen LogP contribution is -2.29. The first-order valence-corrected chi connectivity index (χ1v) is 7.08. The standard InChI is InChI=1S/C17H15F3N2O2/c1-11-3-2-4-12(9-11)10-15(23)21-13-5-7-14(8-6-13)22-16(24)17(18,19)20/h2-9H,10H2,1H3,(H,21,23)(H,22,24). The SMILES string of the molecule is Cc1cccc(CC(=O)Nc2ccc(NC(=O)C(F)(F)F)cc2)c1. The maximum absolute atomic E-state index is 12.2. The smallest absolute Gasteiger partial charge is 0.326 e. The van der Waals surface area contributed by atoms with E-state index in [0.29, 0.717) is 5.69 Å². The third kappa shape index (κ3) is 5.12. The second-order valence-corrected chi connectivity index (χ2v) is 5.24. The van der Waals surface area contributed by atoms with E-state index in [-0.39, 0.29) is 18.0 Å². The average molecular weight is 336 g/mol. The van der Waals surface area contributed by atoms with Gasteiger partial charge in [-0.25, -0.2) is 0 Å². The van der Waals surface area contributed by atoms with Gasteiger partial charge >= 0.3 is 12.1 Å². The van der Waals surface area contributed by atoms with Crippen LogP contribution in [0, 0.1) is 6.92 Å². The molecular weight excluding hydrogens is 321 g/mol. The molecular formula is C17H15F3N2O2. The Morgan fingerprint density at radius 3 is 2.08 bits per heavy atom. The second kappa shape index (κ2) is 7.16. The van der Waals surface area contributed by atoms with E-state index in [1.807, 2.05) is 31.2 Å². The molecule has 0 spiro atoms. The van der Waals surface area contributed by atoms with Crippen LogP contribution >= 0.6 is 0 Å². The highest BCUT2D eigenvalue weighted by atomic mass is 19.4. The summed E-state index contributed by atoms with van der Waals surface area (Å²) in [7, 11) is 0. The highest BCUT2D eigenvalue weighted by Gasteiger charge is 2.38. The molecule has 2 aromatic rings. The average Bonchev–Trinajstić information content (AvgIpc) is 2.48. The molecule has 2 rings (SSSR count). The maximum Gasteiger partial charge on any atom is 0.471 e. The number of aryl methyl sites for hydroxylation is 1. The second-order valence-electron chi connectivity index (χ2n) is 5.24. The van der Waals surface area contributed by atoms with Crippen LogP contribution in [-0.2, 0) is 16.0 Å². The van der Waals surface area contributed by atoms with Gasteiger partial charge in [0, 0.05) is 11.4 Å². The molecule has 0 heterocycles. The molecule has 0 aliphatic rings. The molecule has 7 heteroatoms. The predicted molar refractivity (Wildman–Crippen MR) is 84.6 cm³/mol. The van der Waals surface area contributed by atoms with Gasteiger partial charge in [-0.15, -0.1) is 0 Å². The number of halogens is 3. The van der Waals surface area contributed by atoms with Gasteiger partial charge in [0.1, 0.15) is 0 Å². The van der Waals surface area contributed by atoms with Crippen molar-refractivity contribution in [3.63, 3.8) is 0 Å². The zero-order valence-corrected chi connectivity index (χ0v) is 12.8. The lowest BCUT2D eigenvalue weighted by molar-refractivity contribution is -0.167. The molecule has 0 saturated carbocycles. The molecule has 0 atom stereocenters. The number of anilines is 2. The first-order chi connectivity index (χ1) is 11.2. The number of carbonyl (C=O) groups excluding carboxylic acids is 2. The summed E-state index contributed by atoms with van der Waals surface area (Å²) in [5.41, 5.74) is 2.33. The molecule has 0 fully saturated rings. The normalized spacial score (nSPS) is 11.0. The highest BCUT2D eigenvalue weighted by molar-refractivity contribution is 5.96. The third-order valence-electron chi connectivity index (χ3n) is 3.13. The summed E-state index contributed by atoms with van der Waals surface area (Å²) in [5.74, 6) is -2.29. The minimum Gasteiger partial charge on any atom is -0.326 e. The van der Waals surface area contributed by atoms with Crippen LogP contribution in [0.5, 0.6) is 0 Å². The Hall–Kier alpha value is -2.83. The zero-order valence-electron chi connectivity index (χ0n) is 12.8. The first kappa shape index (κ1) is 17.5. The lowest BCUT2D eigenvalue weighted by atomic mass is 10.1. The largest absolute Gasteiger partial charge is 0.471 e. The fourth-order valence-electron chi connectivity index (χ4n) is 2.05. The van der Waals surface area contributed by atoms with Crippen LogP contribution in [0.1, 0.15) is 11.1 Å². The first-order valence-electron chi connectivity index (χ1n) is 7.08. The van der Waals surface area contributed by atoms with Crippen LogP contribution < -0.4 is 10.6 Å². The Kier molecular flexibility index (Phi) is 5.23. The topological polar surface area (TPSA) is 58.2 Å². The summed E-state index contributed by atoms with van der Waals surface area (Å²) in [6, 6.07) is 12.9. The van der Waals surface area contributed by atoms with Crippen LogP contribution in [0.25, 0.3) is 0 Å². The van der Waals surface area contributed by atoms with E-state index in [1.54, 1.807) is 5.32 Å². The summed E-state index contributed by atoms with van der Waals surface area (Å²) in [6.07, 6.45) is -4.76. The molecule has 24 heavy (non-hydrogen) atoms. The molecule has 0 aromatic heterocycles. The molecule has 0 aliphatic carbocycles. The monoisotopic (exact) mass is 336 g/mol. The van der Waals surface area contributed by atoms with Crippen LogP contribution in [0.15, 0.2) is 48.5 Å². The number of benzene rings is 2. The molecule has 2 N–H and O–H groups in total. The summed E-state index contributed by atoms with van der Waals surface area (Å²) in [5, 5.41) is 4.38. The van der Waals surface area contributed by atoms with Gasteiger partial charge in [-0.1, -0.05) is 29.8 Å². The Morgan fingerprint density at radius 1 is 0.958 bits per heavy atom. The summed E-state index contributed by atoms with van der Waals surface area (Å²) in [4.78, 5) is 22.8. The van der Waals surface area contributed by atoms with Crippen molar-refractivity contribution in [1.29, 1.82) is 0 Å². The third-order valence-corrected chi connectivity index (χ3v) is 3.13. The van der Waals surface area contributed by atoms with Gasteiger partial charge in [0.2, 0.25) is 5.91 Å². The number of rotatable bonds is 4. The number of nitrogens with one attached hydrogen (secondary N) is 2. The van der Waals surface area contributed by atoms with Gasteiger partial charge < -0.3 is 10.6 Å². The molecule has 0 aliphatic heterocycles. The van der Waals surface area contributed by atoms with Gasteiger partial charge in [0.25, 0.3) is 0 Å². The quantitative estimate of drug-likeness (QED) is 0.895. The minimum atomic E-state index is -4.94. The number of carbonyl (C=O) groups is 2. The number of alkyl halides is 3. The van der Waals surface area contributed by atoms with E-state index in [1.165, 1.54) is 24.3 Å². The fourth-order valence-corrected chi connectivity index (χ4v) is 2.05. The zero-order chi connectivity index (χ0) is 17.7. The molecule has 4 nitrogen and oxygen atoms in total. The number of amides is 2. The Balaban J connectivity index is 1.94. The minimum absolute atomic E-state index is 0.00555. The fraction of sp³-hybridized carbons (Fsp3) is 0.176. The van der Waals surface area contributed by atoms with E-state index < -0.39 is 12.1 Å². The van der Waals surface area contributed by atoms with E-state index in [2.05, 4.69) is 5.32 Å². The summed E-state index contributed by atoms with van der Waals surface area (Å²) < 4.78 is 36.5. The van der Waals surface area contributed by atoms with Crippen molar-refractivity contribution in [2.45, 2.75) is 19.5 Å². The van der Waals surface area contributed by atoms with Crippen LogP contribution in [0.4, 0.5) is 24.5 Å². The van der Waals surface area contributed by atoms with Crippen LogP contribution in [0.2, 0.25) is 0 Å². The van der Waals surface area contributed by atoms with Crippen molar-refractivity contribution in [3.8, 4) is 0 Å². The van der Waals surface area contributed by atoms with Crippen LogP contribution in [0.3, 0.4) is 0 Å². The Morgan fingerprint density at radius 2 is 1.54 bits per heavy atom. The summed E-state index contributed by atoms with van der Waals surface area (Å²) in [6.45, 7) is 1.93. The van der Waals surface area contributed by atoms with Crippen molar-refractivity contribution in [1.82, 2.24) is 0 Å². The predicted octanol–water partition coefficient (Wildman–Crippen LogP) is 3.68. The van der Waals surface area contributed by atoms with Gasteiger partial charge in [-0.2, -0.15) is 13.2 Å². The van der Waals surface area contributed by atoms with Gasteiger partial charge in [-0.3, -0.25) is 9.59 Å². The number of hydrogen-bond donors (Lipinski definition) is 2. The van der Waals surface area contributed by atoms with Crippen molar-refractivity contribution in [2.24, 2.45) is 0 Å². The van der Waals surface area contributed by atoms with E-state index in [0.717, 1.165) is 11.1 Å². The molecule has 0 saturated heterocycles. The molecule has 0 radical (unpaired) electrons. The van der Waals surface area contributed by atoms with Crippen molar-refractivity contribution < 1.29 is 22.8 Å².